The first-order chi connectivity index (χ1) is 8.03. The Bertz CT molecular complexity index is 333. The number of carbonyl (C=O) groups is 1. The van der Waals surface area contributed by atoms with Crippen LogP contribution < -0.4 is 10.6 Å². The van der Waals surface area contributed by atoms with Crippen molar-refractivity contribution in [3.8, 4) is 0 Å². The molecule has 0 aliphatic heterocycles. The van der Waals surface area contributed by atoms with Gasteiger partial charge in [0.15, 0.2) is 0 Å². The van der Waals surface area contributed by atoms with Gasteiger partial charge in [0.1, 0.15) is 0 Å². The average Bonchev–Trinajstić information content (AvgIpc) is 2.77. The highest BCUT2D eigenvalue weighted by atomic mass is 32.1. The van der Waals surface area contributed by atoms with E-state index in [0.29, 0.717) is 6.54 Å². The molecule has 17 heavy (non-hydrogen) atoms. The smallest absolute Gasteiger partial charge is 0.234 e. The molecule has 96 valence electrons. The number of amides is 1. The fraction of sp³-hybridized carbons (Fsp3) is 0.615. The minimum absolute atomic E-state index is 0.0715. The summed E-state index contributed by atoms with van der Waals surface area (Å²) >= 11 is 1.71. The maximum Gasteiger partial charge on any atom is 0.234 e. The Hall–Kier alpha value is -0.870. The Morgan fingerprint density at radius 1 is 1.47 bits per heavy atom. The third kappa shape index (κ3) is 5.84. The summed E-state index contributed by atoms with van der Waals surface area (Å²) in [6, 6.07) is 2.12. The second kappa shape index (κ2) is 6.77. The molecule has 4 heteroatoms. The number of hydrogen-bond acceptors (Lipinski definition) is 3. The van der Waals surface area contributed by atoms with Crippen LogP contribution in [-0.4, -0.2) is 24.5 Å². The lowest BCUT2D eigenvalue weighted by atomic mass is 10.0. The normalized spacial score (nSPS) is 11.5. The number of carbonyl (C=O) groups excluding carboxylic acids is 1. The second-order valence-corrected chi connectivity index (χ2v) is 5.62. The highest BCUT2D eigenvalue weighted by Gasteiger charge is 2.16. The van der Waals surface area contributed by atoms with Crippen LogP contribution in [0.1, 0.15) is 32.8 Å². The molecule has 0 spiro atoms. The van der Waals surface area contributed by atoms with E-state index in [9.17, 15) is 4.79 Å². The summed E-state index contributed by atoms with van der Waals surface area (Å²) in [6.07, 6.45) is 1.92. The third-order valence-electron chi connectivity index (χ3n) is 2.82. The summed E-state index contributed by atoms with van der Waals surface area (Å²) in [5.41, 5.74) is 1.23. The van der Waals surface area contributed by atoms with Crippen LogP contribution in [0.5, 0.6) is 0 Å². The Morgan fingerprint density at radius 2 is 2.24 bits per heavy atom. The van der Waals surface area contributed by atoms with E-state index in [2.05, 4.69) is 34.4 Å². The van der Waals surface area contributed by atoms with Crippen molar-refractivity contribution in [2.45, 2.75) is 39.2 Å². The summed E-state index contributed by atoms with van der Waals surface area (Å²) in [5, 5.41) is 10.4. The maximum atomic E-state index is 11.6. The first-order valence-electron chi connectivity index (χ1n) is 6.06. The summed E-state index contributed by atoms with van der Waals surface area (Å²) in [6.45, 7) is 7.39. The lowest BCUT2D eigenvalue weighted by molar-refractivity contribution is -0.121. The molecular weight excluding hydrogens is 232 g/mol. The van der Waals surface area contributed by atoms with Crippen LogP contribution in [0.25, 0.3) is 0 Å². The summed E-state index contributed by atoms with van der Waals surface area (Å²) < 4.78 is 0. The Balaban J connectivity index is 2.12. The van der Waals surface area contributed by atoms with Crippen LogP contribution in [0, 0.1) is 0 Å². The molecule has 1 aromatic rings. The highest BCUT2D eigenvalue weighted by molar-refractivity contribution is 7.07. The molecule has 1 amide bonds. The van der Waals surface area contributed by atoms with Crippen LogP contribution in [-0.2, 0) is 11.2 Å². The number of rotatable bonds is 7. The number of hydrogen-bond donors (Lipinski definition) is 2. The largest absolute Gasteiger partial charge is 0.350 e. The van der Waals surface area contributed by atoms with Gasteiger partial charge in [-0.2, -0.15) is 11.3 Å². The van der Waals surface area contributed by atoms with Gasteiger partial charge in [-0.1, -0.05) is 6.92 Å². The van der Waals surface area contributed by atoms with E-state index in [0.717, 1.165) is 19.4 Å². The van der Waals surface area contributed by atoms with Gasteiger partial charge in [-0.25, -0.2) is 0 Å². The Labute approximate surface area is 108 Å². The molecule has 2 N–H and O–H groups in total. The molecule has 0 saturated heterocycles. The van der Waals surface area contributed by atoms with E-state index in [1.807, 2.05) is 13.8 Å². The van der Waals surface area contributed by atoms with Crippen molar-refractivity contribution in [2.24, 2.45) is 0 Å². The van der Waals surface area contributed by atoms with Crippen LogP contribution in [0.15, 0.2) is 16.8 Å². The molecule has 0 radical (unpaired) electrons. The molecule has 3 nitrogen and oxygen atoms in total. The monoisotopic (exact) mass is 254 g/mol. The van der Waals surface area contributed by atoms with Crippen molar-refractivity contribution in [3.05, 3.63) is 22.4 Å². The van der Waals surface area contributed by atoms with Gasteiger partial charge < -0.3 is 10.6 Å². The van der Waals surface area contributed by atoms with Gasteiger partial charge in [-0.15, -0.1) is 0 Å². The molecule has 1 heterocycles. The fourth-order valence-corrected chi connectivity index (χ4v) is 2.08. The quantitative estimate of drug-likeness (QED) is 0.732. The van der Waals surface area contributed by atoms with Crippen LogP contribution >= 0.6 is 11.3 Å². The van der Waals surface area contributed by atoms with E-state index in [-0.39, 0.29) is 11.4 Å². The van der Waals surface area contributed by atoms with Crippen LogP contribution in [0.2, 0.25) is 0 Å². The predicted molar refractivity (Wildman–Crippen MR) is 73.4 cm³/mol. The first kappa shape index (κ1) is 14.2. The van der Waals surface area contributed by atoms with Crippen molar-refractivity contribution in [2.75, 3.05) is 13.1 Å². The molecule has 1 rings (SSSR count). The summed E-state index contributed by atoms with van der Waals surface area (Å²) in [7, 11) is 0. The first-order valence-corrected chi connectivity index (χ1v) is 7.00. The molecule has 0 fully saturated rings. The van der Waals surface area contributed by atoms with Gasteiger partial charge in [0, 0.05) is 5.54 Å². The van der Waals surface area contributed by atoms with E-state index >= 15 is 0 Å². The van der Waals surface area contributed by atoms with Gasteiger partial charge in [-0.05, 0) is 55.6 Å². The number of thiophene rings is 1. The van der Waals surface area contributed by atoms with E-state index in [4.69, 9.17) is 0 Å². The van der Waals surface area contributed by atoms with Gasteiger partial charge in [0.2, 0.25) is 5.91 Å². The van der Waals surface area contributed by atoms with Crippen molar-refractivity contribution >= 4 is 17.2 Å². The average molecular weight is 254 g/mol. The van der Waals surface area contributed by atoms with Crippen molar-refractivity contribution in [1.82, 2.24) is 10.6 Å². The Kier molecular flexibility index (Phi) is 5.65. The zero-order valence-corrected chi connectivity index (χ0v) is 11.7. The van der Waals surface area contributed by atoms with Gasteiger partial charge in [-0.3, -0.25) is 4.79 Å². The molecule has 0 aliphatic carbocycles. The van der Waals surface area contributed by atoms with Crippen molar-refractivity contribution in [3.63, 3.8) is 0 Å². The molecule has 0 aromatic carbocycles. The van der Waals surface area contributed by atoms with Gasteiger partial charge in [0.25, 0.3) is 0 Å². The topological polar surface area (TPSA) is 41.1 Å². The second-order valence-electron chi connectivity index (χ2n) is 4.84. The molecule has 0 atom stereocenters. The summed E-state index contributed by atoms with van der Waals surface area (Å²) in [4.78, 5) is 11.6. The lowest BCUT2D eigenvalue weighted by Gasteiger charge is -2.24. The summed E-state index contributed by atoms with van der Waals surface area (Å²) in [5.74, 6) is 0.0715. The van der Waals surface area contributed by atoms with Crippen LogP contribution in [0.3, 0.4) is 0 Å². The van der Waals surface area contributed by atoms with E-state index < -0.39 is 0 Å². The minimum Gasteiger partial charge on any atom is -0.350 e. The maximum absolute atomic E-state index is 11.6. The molecule has 0 unspecified atom stereocenters. The third-order valence-corrected chi connectivity index (χ3v) is 3.55. The fourth-order valence-electron chi connectivity index (χ4n) is 1.38. The highest BCUT2D eigenvalue weighted by Crippen LogP contribution is 2.06. The van der Waals surface area contributed by atoms with Gasteiger partial charge >= 0.3 is 0 Å². The molecule has 1 aromatic heterocycles. The van der Waals surface area contributed by atoms with Crippen molar-refractivity contribution < 1.29 is 4.79 Å². The van der Waals surface area contributed by atoms with E-state index in [1.54, 1.807) is 11.3 Å². The van der Waals surface area contributed by atoms with Gasteiger partial charge in [0.05, 0.1) is 6.54 Å². The lowest BCUT2D eigenvalue weighted by Crippen LogP contribution is -2.46. The molecule has 0 bridgehead atoms. The van der Waals surface area contributed by atoms with E-state index in [1.165, 1.54) is 5.56 Å². The SMILES string of the molecule is CCC(C)(C)NC(=O)CNCCc1ccsc1. The molecular formula is C13H22N2OS. The Morgan fingerprint density at radius 3 is 2.82 bits per heavy atom. The zero-order chi connectivity index (χ0) is 12.7. The van der Waals surface area contributed by atoms with Crippen LogP contribution in [0.4, 0.5) is 0 Å². The molecule has 0 saturated carbocycles. The molecule has 0 aliphatic rings. The number of nitrogens with one attached hydrogen (secondary N) is 2. The predicted octanol–water partition coefficient (Wildman–Crippen LogP) is 2.18. The zero-order valence-electron chi connectivity index (χ0n) is 10.9. The van der Waals surface area contributed by atoms with Crippen molar-refractivity contribution in [1.29, 1.82) is 0 Å². The standard InChI is InChI=1S/C13H22N2OS/c1-4-13(2,3)15-12(16)9-14-7-5-11-6-8-17-10-11/h6,8,10,14H,4-5,7,9H2,1-3H3,(H,15,16). The minimum atomic E-state index is -0.105.